The number of aryl methyl sites for hydroxylation is 1. The lowest BCUT2D eigenvalue weighted by Crippen LogP contribution is -2.40. The van der Waals surface area contributed by atoms with Gasteiger partial charge in [-0.25, -0.2) is 9.18 Å². The minimum Gasteiger partial charge on any atom is -0.478 e. The Labute approximate surface area is 158 Å². The number of alkyl halides is 3. The number of benzene rings is 2. The summed E-state index contributed by atoms with van der Waals surface area (Å²) in [4.78, 5) is 11.1. The first-order valence-corrected chi connectivity index (χ1v) is 8.48. The topological polar surface area (TPSA) is 37.3 Å². The zero-order valence-corrected chi connectivity index (χ0v) is 15.0. The number of allylic oxidation sites excluding steroid dienone is 2. The summed E-state index contributed by atoms with van der Waals surface area (Å²) in [6, 6.07) is 7.54. The summed E-state index contributed by atoms with van der Waals surface area (Å²) in [7, 11) is 0. The van der Waals surface area contributed by atoms with Gasteiger partial charge in [0.1, 0.15) is 5.82 Å². The Balaban J connectivity index is 2.01. The van der Waals surface area contributed by atoms with Gasteiger partial charge in [-0.05, 0) is 60.2 Å². The number of carboxylic acid groups (broad SMARTS) is 1. The average molecular weight is 399 g/mol. The lowest BCUT2D eigenvalue weighted by atomic mass is 9.76. The van der Waals surface area contributed by atoms with Gasteiger partial charge in [0.05, 0.1) is 16.0 Å². The maximum absolute atomic E-state index is 14.0. The fraction of sp³-hybridized carbons (Fsp3) is 0.250. The summed E-state index contributed by atoms with van der Waals surface area (Å²) >= 11 is 5.71. The molecule has 2 aromatic carbocycles. The number of hydrogen-bond donors (Lipinski definition) is 1. The standard InChI is InChI=1S/C20H15ClF4O2/c1-11-8-12(2-4-15(11)18(26)27)13-6-7-19(10-13,20(23,24)25)14-3-5-17(22)16(21)9-14/h2-6,8-9H,7,10H2,1H3,(H,26,27). The van der Waals surface area contributed by atoms with Crippen LogP contribution >= 0.6 is 11.6 Å². The van der Waals surface area contributed by atoms with Crippen LogP contribution in [0, 0.1) is 12.7 Å². The van der Waals surface area contributed by atoms with E-state index >= 15 is 0 Å². The second-order valence-electron chi connectivity index (χ2n) is 6.65. The van der Waals surface area contributed by atoms with Crippen molar-refractivity contribution in [3.63, 3.8) is 0 Å². The largest absolute Gasteiger partial charge is 0.478 e. The smallest absolute Gasteiger partial charge is 0.399 e. The van der Waals surface area contributed by atoms with Gasteiger partial charge in [-0.3, -0.25) is 0 Å². The molecule has 1 aliphatic rings. The molecule has 7 heteroatoms. The van der Waals surface area contributed by atoms with Gasteiger partial charge in [-0.15, -0.1) is 0 Å². The second-order valence-corrected chi connectivity index (χ2v) is 7.06. The van der Waals surface area contributed by atoms with Gasteiger partial charge in [-0.1, -0.05) is 35.9 Å². The van der Waals surface area contributed by atoms with Crippen LogP contribution in [0.1, 0.15) is 39.9 Å². The molecule has 0 radical (unpaired) electrons. The summed E-state index contributed by atoms with van der Waals surface area (Å²) in [5, 5.41) is 8.75. The molecule has 27 heavy (non-hydrogen) atoms. The van der Waals surface area contributed by atoms with E-state index in [9.17, 15) is 22.4 Å². The average Bonchev–Trinajstić information content (AvgIpc) is 3.03. The van der Waals surface area contributed by atoms with Crippen molar-refractivity contribution < 1.29 is 27.5 Å². The third-order valence-electron chi connectivity index (χ3n) is 5.03. The molecule has 2 aromatic rings. The van der Waals surface area contributed by atoms with Gasteiger partial charge in [-0.2, -0.15) is 13.2 Å². The van der Waals surface area contributed by atoms with Gasteiger partial charge >= 0.3 is 12.1 Å². The van der Waals surface area contributed by atoms with E-state index in [1.165, 1.54) is 18.2 Å². The number of hydrogen-bond acceptors (Lipinski definition) is 1. The summed E-state index contributed by atoms with van der Waals surface area (Å²) in [5.74, 6) is -1.87. The first kappa shape index (κ1) is 19.4. The number of halogens is 5. The monoisotopic (exact) mass is 398 g/mol. The predicted molar refractivity (Wildman–Crippen MR) is 94.5 cm³/mol. The van der Waals surface area contributed by atoms with E-state index in [2.05, 4.69) is 0 Å². The minimum absolute atomic E-state index is 0.0912. The summed E-state index contributed by atoms with van der Waals surface area (Å²) < 4.78 is 55.5. The maximum atomic E-state index is 14.0. The highest BCUT2D eigenvalue weighted by molar-refractivity contribution is 6.30. The Hall–Kier alpha value is -2.34. The summed E-state index contributed by atoms with van der Waals surface area (Å²) in [6.45, 7) is 1.60. The lowest BCUT2D eigenvalue weighted by molar-refractivity contribution is -0.187. The van der Waals surface area contributed by atoms with Crippen molar-refractivity contribution in [3.05, 3.63) is 75.6 Å². The zero-order chi connectivity index (χ0) is 20.0. The van der Waals surface area contributed by atoms with Crippen molar-refractivity contribution in [1.82, 2.24) is 0 Å². The molecule has 0 heterocycles. The zero-order valence-electron chi connectivity index (χ0n) is 14.2. The predicted octanol–water partition coefficient (Wildman–Crippen LogP) is 6.16. The van der Waals surface area contributed by atoms with Gasteiger partial charge in [0.15, 0.2) is 0 Å². The fourth-order valence-corrected chi connectivity index (χ4v) is 3.66. The molecule has 142 valence electrons. The molecular weight excluding hydrogens is 384 g/mol. The molecule has 0 saturated heterocycles. The molecule has 0 bridgehead atoms. The fourth-order valence-electron chi connectivity index (χ4n) is 3.48. The van der Waals surface area contributed by atoms with E-state index in [-0.39, 0.29) is 29.0 Å². The third-order valence-corrected chi connectivity index (χ3v) is 5.32. The number of aromatic carboxylic acids is 1. The Kier molecular flexibility index (Phi) is 4.80. The molecule has 0 spiro atoms. The number of rotatable bonds is 3. The molecule has 2 nitrogen and oxygen atoms in total. The molecule has 3 rings (SSSR count). The van der Waals surface area contributed by atoms with Gasteiger partial charge < -0.3 is 5.11 Å². The summed E-state index contributed by atoms with van der Waals surface area (Å²) in [5.41, 5.74) is -0.713. The molecular formula is C20H15ClF4O2. The Morgan fingerprint density at radius 2 is 1.89 bits per heavy atom. The molecule has 0 fully saturated rings. The van der Waals surface area contributed by atoms with E-state index in [1.54, 1.807) is 13.0 Å². The SMILES string of the molecule is Cc1cc(C2=CCC(c3ccc(F)c(Cl)c3)(C(F)(F)F)C2)ccc1C(=O)O. The molecule has 0 aromatic heterocycles. The molecule has 0 saturated carbocycles. The Morgan fingerprint density at radius 3 is 2.44 bits per heavy atom. The van der Waals surface area contributed by atoms with E-state index in [0.29, 0.717) is 16.7 Å². The molecule has 0 aliphatic heterocycles. The van der Waals surface area contributed by atoms with E-state index in [4.69, 9.17) is 16.7 Å². The van der Waals surface area contributed by atoms with E-state index < -0.39 is 23.4 Å². The molecule has 1 aliphatic carbocycles. The number of carboxylic acids is 1. The quantitative estimate of drug-likeness (QED) is 0.628. The van der Waals surface area contributed by atoms with Crippen molar-refractivity contribution >= 4 is 23.1 Å². The molecule has 1 N–H and O–H groups in total. The minimum atomic E-state index is -4.57. The van der Waals surface area contributed by atoms with Gasteiger partial charge in [0.2, 0.25) is 0 Å². The van der Waals surface area contributed by atoms with Crippen molar-refractivity contribution in [3.8, 4) is 0 Å². The molecule has 1 unspecified atom stereocenters. The molecule has 0 amide bonds. The number of carbonyl (C=O) groups is 1. The van der Waals surface area contributed by atoms with E-state index in [0.717, 1.165) is 18.2 Å². The van der Waals surface area contributed by atoms with Gasteiger partial charge in [0, 0.05) is 0 Å². The van der Waals surface area contributed by atoms with Crippen LogP contribution in [0.2, 0.25) is 5.02 Å². The van der Waals surface area contributed by atoms with Crippen LogP contribution in [0.4, 0.5) is 17.6 Å². The second kappa shape index (κ2) is 6.68. The Morgan fingerprint density at radius 1 is 1.19 bits per heavy atom. The van der Waals surface area contributed by atoms with Crippen LogP contribution in [0.15, 0.2) is 42.5 Å². The van der Waals surface area contributed by atoms with Crippen LogP contribution in [0.25, 0.3) is 5.57 Å². The van der Waals surface area contributed by atoms with Gasteiger partial charge in [0.25, 0.3) is 0 Å². The highest BCUT2D eigenvalue weighted by Gasteiger charge is 2.57. The highest BCUT2D eigenvalue weighted by atomic mass is 35.5. The van der Waals surface area contributed by atoms with Crippen molar-refractivity contribution in [1.29, 1.82) is 0 Å². The normalized spacial score (nSPS) is 19.9. The molecule has 1 atom stereocenters. The van der Waals surface area contributed by atoms with Crippen LogP contribution in [0.3, 0.4) is 0 Å². The first-order chi connectivity index (χ1) is 12.5. The van der Waals surface area contributed by atoms with Crippen molar-refractivity contribution in [2.75, 3.05) is 0 Å². The lowest BCUT2D eigenvalue weighted by Gasteiger charge is -2.33. The van der Waals surface area contributed by atoms with Crippen LogP contribution < -0.4 is 0 Å². The van der Waals surface area contributed by atoms with E-state index in [1.807, 2.05) is 0 Å². The van der Waals surface area contributed by atoms with Crippen LogP contribution in [-0.4, -0.2) is 17.3 Å². The van der Waals surface area contributed by atoms with Crippen LogP contribution in [0.5, 0.6) is 0 Å². The summed E-state index contributed by atoms with van der Waals surface area (Å²) in [6.07, 6.45) is -3.69. The Bertz CT molecular complexity index is 949. The first-order valence-electron chi connectivity index (χ1n) is 8.11. The highest BCUT2D eigenvalue weighted by Crippen LogP contribution is 2.54. The maximum Gasteiger partial charge on any atom is 0.399 e. The van der Waals surface area contributed by atoms with Crippen molar-refractivity contribution in [2.45, 2.75) is 31.4 Å². The van der Waals surface area contributed by atoms with Crippen LogP contribution in [-0.2, 0) is 5.41 Å². The third kappa shape index (κ3) is 3.34. The van der Waals surface area contributed by atoms with Crippen molar-refractivity contribution in [2.24, 2.45) is 0 Å².